The van der Waals surface area contributed by atoms with Gasteiger partial charge in [-0.05, 0) is 56.2 Å². The Bertz CT molecular complexity index is 1270. The monoisotopic (exact) mass is 521 g/mol. The minimum Gasteiger partial charge on any atom is -0.497 e. The first-order chi connectivity index (χ1) is 18.0. The number of hydrogen-bond donors (Lipinski definition) is 0. The molecular weight excluding hydrogens is 490 g/mol. The Balaban J connectivity index is 1.34. The molecule has 3 aromatic rings. The Labute approximate surface area is 220 Å². The molecular formula is C27H31N5O4S. The second kappa shape index (κ2) is 10.8. The van der Waals surface area contributed by atoms with E-state index in [-0.39, 0.29) is 29.5 Å². The highest BCUT2D eigenvalue weighted by Gasteiger charge is 2.38. The van der Waals surface area contributed by atoms with Crippen LogP contribution >= 0.6 is 11.8 Å². The molecule has 9 nitrogen and oxygen atoms in total. The fourth-order valence-electron chi connectivity index (χ4n) is 4.57. The Morgan fingerprint density at radius 2 is 1.76 bits per heavy atom. The smallest absolute Gasteiger partial charge is 0.233 e. The van der Waals surface area contributed by atoms with E-state index in [0.29, 0.717) is 30.6 Å². The summed E-state index contributed by atoms with van der Waals surface area (Å²) in [6.45, 7) is 3.73. The first-order valence-electron chi connectivity index (χ1n) is 12.4. The van der Waals surface area contributed by atoms with Crippen molar-refractivity contribution in [3.8, 4) is 28.6 Å². The third-order valence-corrected chi connectivity index (χ3v) is 7.72. The van der Waals surface area contributed by atoms with E-state index in [1.165, 1.54) is 11.8 Å². The van der Waals surface area contributed by atoms with Crippen molar-refractivity contribution in [1.29, 1.82) is 0 Å². The van der Waals surface area contributed by atoms with Crippen LogP contribution in [0.1, 0.15) is 19.8 Å². The van der Waals surface area contributed by atoms with Gasteiger partial charge in [0.2, 0.25) is 11.8 Å². The normalized spacial score (nSPS) is 17.5. The molecule has 0 bridgehead atoms. The van der Waals surface area contributed by atoms with Gasteiger partial charge in [-0.3, -0.25) is 14.2 Å². The van der Waals surface area contributed by atoms with E-state index >= 15 is 0 Å². The molecule has 1 unspecified atom stereocenters. The number of piperazine rings is 1. The molecule has 5 rings (SSSR count). The highest BCUT2D eigenvalue weighted by molar-refractivity contribution is 7.99. The lowest BCUT2D eigenvalue weighted by Gasteiger charge is -2.40. The van der Waals surface area contributed by atoms with Crippen LogP contribution in [0.5, 0.6) is 11.5 Å². The van der Waals surface area contributed by atoms with E-state index in [1.54, 1.807) is 14.2 Å². The van der Waals surface area contributed by atoms with Gasteiger partial charge in [-0.2, -0.15) is 0 Å². The molecule has 1 aliphatic carbocycles. The molecule has 1 saturated heterocycles. The average molecular weight is 522 g/mol. The SMILES string of the molecule is COc1ccc(-n2c(SCC(=O)N3CCN(C(=O)C4CC4)C(C)C3)nnc2-c2cccc(OC)c2)cc1. The van der Waals surface area contributed by atoms with Gasteiger partial charge in [0.15, 0.2) is 11.0 Å². The molecule has 194 valence electrons. The second-order valence-electron chi connectivity index (χ2n) is 9.35. The topological polar surface area (TPSA) is 89.8 Å². The van der Waals surface area contributed by atoms with E-state index in [0.717, 1.165) is 35.6 Å². The number of carbonyl (C=O) groups is 2. The average Bonchev–Trinajstić information content (AvgIpc) is 3.70. The van der Waals surface area contributed by atoms with Crippen LogP contribution < -0.4 is 9.47 Å². The van der Waals surface area contributed by atoms with Crippen LogP contribution in [0.15, 0.2) is 53.7 Å². The van der Waals surface area contributed by atoms with Crippen molar-refractivity contribution in [3.63, 3.8) is 0 Å². The summed E-state index contributed by atoms with van der Waals surface area (Å²) < 4.78 is 12.7. The molecule has 37 heavy (non-hydrogen) atoms. The van der Waals surface area contributed by atoms with Crippen molar-refractivity contribution >= 4 is 23.6 Å². The molecule has 2 fully saturated rings. The molecule has 0 N–H and O–H groups in total. The van der Waals surface area contributed by atoms with Crippen LogP contribution in [0.25, 0.3) is 17.1 Å². The summed E-state index contributed by atoms with van der Waals surface area (Å²) in [5.74, 6) is 2.82. The third kappa shape index (κ3) is 5.44. The molecule has 2 aliphatic rings. The maximum atomic E-state index is 13.1. The number of aromatic nitrogens is 3. The summed E-state index contributed by atoms with van der Waals surface area (Å²) in [5.41, 5.74) is 1.71. The van der Waals surface area contributed by atoms with Gasteiger partial charge in [-0.1, -0.05) is 23.9 Å². The standard InChI is InChI=1S/C27H31N5O4S/c1-18-16-30(13-14-31(18)26(34)19-7-8-19)24(33)17-37-27-29-28-25(20-5-4-6-23(15-20)36-3)32(27)21-9-11-22(35-2)12-10-21/h4-6,9-12,15,18-19H,7-8,13-14,16-17H2,1-3H3. The summed E-state index contributed by atoms with van der Waals surface area (Å²) in [6, 6.07) is 15.3. The predicted octanol–water partition coefficient (Wildman–Crippen LogP) is 3.51. The third-order valence-electron chi connectivity index (χ3n) is 6.81. The molecule has 1 atom stereocenters. The van der Waals surface area contributed by atoms with Gasteiger partial charge in [-0.15, -0.1) is 10.2 Å². The molecule has 0 spiro atoms. The second-order valence-corrected chi connectivity index (χ2v) is 10.3. The van der Waals surface area contributed by atoms with Gasteiger partial charge < -0.3 is 19.3 Å². The largest absolute Gasteiger partial charge is 0.497 e. The maximum Gasteiger partial charge on any atom is 0.233 e. The van der Waals surface area contributed by atoms with Crippen molar-refractivity contribution in [2.75, 3.05) is 39.6 Å². The number of hydrogen-bond acceptors (Lipinski definition) is 7. The van der Waals surface area contributed by atoms with Crippen LogP contribution in [-0.2, 0) is 9.59 Å². The number of methoxy groups -OCH3 is 2. The minimum atomic E-state index is 0.0263. The zero-order chi connectivity index (χ0) is 25.9. The molecule has 10 heteroatoms. The predicted molar refractivity (Wildman–Crippen MR) is 141 cm³/mol. The van der Waals surface area contributed by atoms with E-state index in [9.17, 15) is 9.59 Å². The van der Waals surface area contributed by atoms with E-state index in [1.807, 2.05) is 69.8 Å². The summed E-state index contributed by atoms with van der Waals surface area (Å²) in [7, 11) is 3.26. The molecule has 1 saturated carbocycles. The first-order valence-corrected chi connectivity index (χ1v) is 13.4. The lowest BCUT2D eigenvalue weighted by molar-refractivity contribution is -0.142. The van der Waals surface area contributed by atoms with Crippen LogP contribution in [0, 0.1) is 5.92 Å². The van der Waals surface area contributed by atoms with Crippen LogP contribution in [-0.4, -0.2) is 82.0 Å². The van der Waals surface area contributed by atoms with Crippen molar-refractivity contribution in [2.45, 2.75) is 31.0 Å². The van der Waals surface area contributed by atoms with Crippen molar-refractivity contribution in [1.82, 2.24) is 24.6 Å². The molecule has 2 aromatic carbocycles. The van der Waals surface area contributed by atoms with Gasteiger partial charge in [-0.25, -0.2) is 0 Å². The summed E-state index contributed by atoms with van der Waals surface area (Å²) in [4.78, 5) is 29.4. The van der Waals surface area contributed by atoms with E-state index in [2.05, 4.69) is 10.2 Å². The van der Waals surface area contributed by atoms with E-state index < -0.39 is 0 Å². The molecule has 0 radical (unpaired) electrons. The zero-order valence-electron chi connectivity index (χ0n) is 21.3. The number of benzene rings is 2. The van der Waals surface area contributed by atoms with E-state index in [4.69, 9.17) is 9.47 Å². The Morgan fingerprint density at radius 3 is 2.43 bits per heavy atom. The Kier molecular flexibility index (Phi) is 7.36. The number of carbonyl (C=O) groups excluding carboxylic acids is 2. The van der Waals surface area contributed by atoms with Crippen LogP contribution in [0.3, 0.4) is 0 Å². The molecule has 1 aliphatic heterocycles. The lowest BCUT2D eigenvalue weighted by Crippen LogP contribution is -2.56. The van der Waals surface area contributed by atoms with Gasteiger partial charge in [0.05, 0.1) is 20.0 Å². The van der Waals surface area contributed by atoms with Crippen LogP contribution in [0.4, 0.5) is 0 Å². The highest BCUT2D eigenvalue weighted by Crippen LogP contribution is 2.33. The number of amides is 2. The van der Waals surface area contributed by atoms with Gasteiger partial charge in [0.25, 0.3) is 0 Å². The number of rotatable bonds is 8. The van der Waals surface area contributed by atoms with Gasteiger partial charge in [0.1, 0.15) is 11.5 Å². The number of thioether (sulfide) groups is 1. The Hall–Kier alpha value is -3.53. The fourth-order valence-corrected chi connectivity index (χ4v) is 5.43. The summed E-state index contributed by atoms with van der Waals surface area (Å²) >= 11 is 1.36. The first kappa shape index (κ1) is 25.1. The van der Waals surface area contributed by atoms with Crippen molar-refractivity contribution in [3.05, 3.63) is 48.5 Å². The zero-order valence-corrected chi connectivity index (χ0v) is 22.1. The lowest BCUT2D eigenvalue weighted by atomic mass is 10.1. The van der Waals surface area contributed by atoms with Crippen molar-refractivity contribution < 1.29 is 19.1 Å². The minimum absolute atomic E-state index is 0.0263. The van der Waals surface area contributed by atoms with Crippen LogP contribution in [0.2, 0.25) is 0 Å². The molecule has 2 heterocycles. The summed E-state index contributed by atoms with van der Waals surface area (Å²) in [5, 5.41) is 9.53. The van der Waals surface area contributed by atoms with Crippen molar-refractivity contribution in [2.24, 2.45) is 5.92 Å². The number of ether oxygens (including phenoxy) is 2. The van der Waals surface area contributed by atoms with Gasteiger partial charge in [0, 0.05) is 42.8 Å². The fraction of sp³-hybridized carbons (Fsp3) is 0.407. The Morgan fingerprint density at radius 1 is 1.00 bits per heavy atom. The molecule has 2 amide bonds. The maximum absolute atomic E-state index is 13.1. The molecule has 1 aromatic heterocycles. The number of nitrogens with zero attached hydrogens (tertiary/aromatic N) is 5. The summed E-state index contributed by atoms with van der Waals surface area (Å²) in [6.07, 6.45) is 1.99. The highest BCUT2D eigenvalue weighted by atomic mass is 32.2. The van der Waals surface area contributed by atoms with Gasteiger partial charge >= 0.3 is 0 Å². The quantitative estimate of drug-likeness (QED) is 0.419.